The third-order valence-electron chi connectivity index (χ3n) is 6.20. The Labute approximate surface area is 222 Å². The van der Waals surface area contributed by atoms with E-state index in [1.54, 1.807) is 24.5 Å². The summed E-state index contributed by atoms with van der Waals surface area (Å²) in [6.07, 6.45) is 6.98. The molecule has 188 valence electrons. The van der Waals surface area contributed by atoms with Gasteiger partial charge in [-0.15, -0.1) is 0 Å². The molecule has 0 unspecified atom stereocenters. The molecule has 10 heteroatoms. The van der Waals surface area contributed by atoms with Crippen molar-refractivity contribution >= 4 is 34.1 Å². The average molecular weight is 522 g/mol. The van der Waals surface area contributed by atoms with E-state index < -0.39 is 0 Å². The number of hydrogen-bond donors (Lipinski definition) is 2. The maximum Gasteiger partial charge on any atom is 0.229 e. The summed E-state index contributed by atoms with van der Waals surface area (Å²) in [5, 5.41) is 11.2. The van der Waals surface area contributed by atoms with Crippen molar-refractivity contribution < 1.29 is 9.59 Å². The number of aromatic nitrogens is 5. The van der Waals surface area contributed by atoms with Gasteiger partial charge in [-0.25, -0.2) is 14.6 Å². The minimum absolute atomic E-state index is 0.133. The molecular formula is C28H23N7O2S. The van der Waals surface area contributed by atoms with Gasteiger partial charge in [-0.05, 0) is 54.8 Å². The topological polar surface area (TPSA) is 115 Å². The molecule has 0 saturated carbocycles. The lowest BCUT2D eigenvalue weighted by Crippen LogP contribution is -2.15. The Hall–Kier alpha value is -4.70. The van der Waals surface area contributed by atoms with Crippen molar-refractivity contribution in [3.8, 4) is 27.5 Å². The van der Waals surface area contributed by atoms with Crippen LogP contribution in [-0.4, -0.2) is 36.5 Å². The summed E-state index contributed by atoms with van der Waals surface area (Å²) in [7, 11) is 0. The summed E-state index contributed by atoms with van der Waals surface area (Å²) < 4.78 is 1.93. The molecule has 2 N–H and O–H groups in total. The number of nitrogens with one attached hydrogen (secondary N) is 2. The van der Waals surface area contributed by atoms with Crippen LogP contribution in [0.25, 0.3) is 27.5 Å². The SMILES string of the molecule is CC(=O)Nc1nc2c(s1)-c1c(c(-c3cccnc3)nn1-c1ccc(CC(=O)Nc3ccccn3)cc1)CC2. The van der Waals surface area contributed by atoms with E-state index in [9.17, 15) is 9.59 Å². The maximum absolute atomic E-state index is 12.5. The molecule has 0 atom stereocenters. The molecule has 1 aliphatic rings. The first kappa shape index (κ1) is 23.7. The lowest BCUT2D eigenvalue weighted by atomic mass is 9.95. The zero-order chi connectivity index (χ0) is 26.1. The van der Waals surface area contributed by atoms with Gasteiger partial charge >= 0.3 is 0 Å². The van der Waals surface area contributed by atoms with Crippen LogP contribution in [0.4, 0.5) is 10.9 Å². The molecule has 5 aromatic rings. The van der Waals surface area contributed by atoms with Crippen LogP contribution in [-0.2, 0) is 28.9 Å². The Morgan fingerprint density at radius 2 is 1.87 bits per heavy atom. The summed E-state index contributed by atoms with van der Waals surface area (Å²) in [5.41, 5.74) is 6.62. The molecule has 1 aliphatic carbocycles. The molecule has 38 heavy (non-hydrogen) atoms. The number of pyridine rings is 2. The summed E-state index contributed by atoms with van der Waals surface area (Å²) >= 11 is 1.46. The first-order chi connectivity index (χ1) is 18.5. The van der Waals surface area contributed by atoms with Crippen molar-refractivity contribution in [1.82, 2.24) is 24.7 Å². The Balaban J connectivity index is 1.36. The van der Waals surface area contributed by atoms with Gasteiger partial charge in [-0.1, -0.05) is 29.5 Å². The van der Waals surface area contributed by atoms with Gasteiger partial charge in [-0.3, -0.25) is 14.6 Å². The second-order valence-corrected chi connectivity index (χ2v) is 9.91. The second-order valence-electron chi connectivity index (χ2n) is 8.91. The highest BCUT2D eigenvalue weighted by molar-refractivity contribution is 7.19. The van der Waals surface area contributed by atoms with Crippen molar-refractivity contribution in [2.45, 2.75) is 26.2 Å². The number of rotatable bonds is 6. The molecule has 0 fully saturated rings. The number of fused-ring (bicyclic) bond motifs is 3. The molecule has 2 amide bonds. The van der Waals surface area contributed by atoms with Gasteiger partial charge in [0.25, 0.3) is 0 Å². The minimum Gasteiger partial charge on any atom is -0.310 e. The summed E-state index contributed by atoms with van der Waals surface area (Å²) in [5.74, 6) is 0.245. The van der Waals surface area contributed by atoms with E-state index in [4.69, 9.17) is 5.10 Å². The number of hydrogen-bond acceptors (Lipinski definition) is 7. The molecule has 1 aromatic carbocycles. The largest absolute Gasteiger partial charge is 0.310 e. The maximum atomic E-state index is 12.5. The molecule has 0 spiro atoms. The fourth-order valence-electron chi connectivity index (χ4n) is 4.56. The number of anilines is 2. The van der Waals surface area contributed by atoms with E-state index in [0.717, 1.165) is 57.2 Å². The molecule has 0 bridgehead atoms. The highest BCUT2D eigenvalue weighted by Gasteiger charge is 2.30. The molecule has 0 saturated heterocycles. The van der Waals surface area contributed by atoms with Gasteiger partial charge in [0.15, 0.2) is 5.13 Å². The number of amides is 2. The zero-order valence-electron chi connectivity index (χ0n) is 20.5. The van der Waals surface area contributed by atoms with E-state index >= 15 is 0 Å². The number of benzene rings is 1. The molecule has 9 nitrogen and oxygen atoms in total. The van der Waals surface area contributed by atoms with Gasteiger partial charge in [0, 0.05) is 36.6 Å². The van der Waals surface area contributed by atoms with Crippen LogP contribution in [0.2, 0.25) is 0 Å². The molecular weight excluding hydrogens is 498 g/mol. The summed E-state index contributed by atoms with van der Waals surface area (Å²) in [6.45, 7) is 1.48. The van der Waals surface area contributed by atoms with Crippen molar-refractivity contribution in [2.24, 2.45) is 0 Å². The van der Waals surface area contributed by atoms with E-state index in [0.29, 0.717) is 10.9 Å². The van der Waals surface area contributed by atoms with Crippen LogP contribution >= 0.6 is 11.3 Å². The van der Waals surface area contributed by atoms with E-state index in [2.05, 4.69) is 25.6 Å². The monoisotopic (exact) mass is 521 g/mol. The Kier molecular flexibility index (Phi) is 6.22. The summed E-state index contributed by atoms with van der Waals surface area (Å²) in [6, 6.07) is 17.1. The quantitative estimate of drug-likeness (QED) is 0.335. The van der Waals surface area contributed by atoms with Crippen molar-refractivity contribution in [2.75, 3.05) is 10.6 Å². The first-order valence-corrected chi connectivity index (χ1v) is 13.0. The van der Waals surface area contributed by atoms with Crippen LogP contribution in [0, 0.1) is 0 Å². The van der Waals surface area contributed by atoms with Gasteiger partial charge < -0.3 is 10.6 Å². The third-order valence-corrected chi connectivity index (χ3v) is 7.22. The van der Waals surface area contributed by atoms with Crippen LogP contribution < -0.4 is 10.6 Å². The fourth-order valence-corrected chi connectivity index (χ4v) is 5.68. The lowest BCUT2D eigenvalue weighted by molar-refractivity contribution is -0.116. The molecule has 0 radical (unpaired) electrons. The van der Waals surface area contributed by atoms with Gasteiger partial charge in [-0.2, -0.15) is 5.10 Å². The van der Waals surface area contributed by atoms with Crippen LogP contribution in [0.1, 0.15) is 23.7 Å². The van der Waals surface area contributed by atoms with Crippen molar-refractivity contribution in [1.29, 1.82) is 0 Å². The number of carbonyl (C=O) groups excluding carboxylic acids is 2. The molecule has 0 aliphatic heterocycles. The van der Waals surface area contributed by atoms with E-state index in [1.807, 2.05) is 53.3 Å². The van der Waals surface area contributed by atoms with Crippen molar-refractivity contribution in [3.63, 3.8) is 0 Å². The van der Waals surface area contributed by atoms with E-state index in [-0.39, 0.29) is 18.2 Å². The number of carbonyl (C=O) groups is 2. The average Bonchev–Trinajstić information content (AvgIpc) is 3.51. The standard InChI is InChI=1S/C28H23N7O2S/c1-17(36)31-28-32-22-12-11-21-25(19-5-4-13-29-16-19)34-35(26(21)27(22)38-28)20-9-7-18(8-10-20)15-24(37)33-23-6-2-3-14-30-23/h2-10,13-14,16H,11-12,15H2,1H3,(H,30,33,37)(H,31,32,36). The molecule has 4 heterocycles. The Morgan fingerprint density at radius 3 is 2.61 bits per heavy atom. The second kappa shape index (κ2) is 9.98. The van der Waals surface area contributed by atoms with Crippen LogP contribution in [0.15, 0.2) is 73.2 Å². The fraction of sp³-hybridized carbons (Fsp3) is 0.143. The van der Waals surface area contributed by atoms with Crippen LogP contribution in [0.3, 0.4) is 0 Å². The van der Waals surface area contributed by atoms with Gasteiger partial charge in [0.1, 0.15) is 5.82 Å². The predicted octanol–water partition coefficient (Wildman–Crippen LogP) is 4.69. The smallest absolute Gasteiger partial charge is 0.229 e. The van der Waals surface area contributed by atoms with Gasteiger partial charge in [0.05, 0.1) is 34.1 Å². The Morgan fingerprint density at radius 1 is 1.00 bits per heavy atom. The zero-order valence-corrected chi connectivity index (χ0v) is 21.3. The predicted molar refractivity (Wildman–Crippen MR) is 146 cm³/mol. The number of nitrogens with zero attached hydrogens (tertiary/aromatic N) is 5. The highest BCUT2D eigenvalue weighted by Crippen LogP contribution is 2.44. The lowest BCUT2D eigenvalue weighted by Gasteiger charge is -2.14. The van der Waals surface area contributed by atoms with Gasteiger partial charge in [0.2, 0.25) is 11.8 Å². The highest BCUT2D eigenvalue weighted by atomic mass is 32.1. The van der Waals surface area contributed by atoms with Crippen molar-refractivity contribution in [3.05, 3.63) is 90.0 Å². The molecule has 4 aromatic heterocycles. The third kappa shape index (κ3) is 4.69. The first-order valence-electron chi connectivity index (χ1n) is 12.2. The molecule has 6 rings (SSSR count). The van der Waals surface area contributed by atoms with E-state index in [1.165, 1.54) is 18.3 Å². The minimum atomic E-state index is -0.149. The van der Waals surface area contributed by atoms with Crippen LogP contribution in [0.5, 0.6) is 0 Å². The number of thiazole rings is 1. The number of aryl methyl sites for hydroxylation is 1. The Bertz CT molecular complexity index is 1630. The summed E-state index contributed by atoms with van der Waals surface area (Å²) in [4.78, 5) is 38.3. The normalized spacial score (nSPS) is 11.9.